The van der Waals surface area contributed by atoms with Crippen LogP contribution < -0.4 is 60.6 Å². The average Bonchev–Trinajstić information content (AvgIpc) is 3.60. The number of anilines is 1. The number of thioether (sulfide) groups is 1. The predicted molar refractivity (Wildman–Crippen MR) is 171 cm³/mol. The van der Waals surface area contributed by atoms with Gasteiger partial charge in [-0.15, -0.1) is 0 Å². The number of nitrogen functional groups attached to an aromatic ring is 1. The number of carbonyl (C=O) groups excluding carboxylic acids is 3. The van der Waals surface area contributed by atoms with Crippen LogP contribution in [0.5, 0.6) is 0 Å². The Balaban J connectivity index is 0.00000972. The second-order valence-corrected chi connectivity index (χ2v) is 16.8. The summed E-state index contributed by atoms with van der Waals surface area (Å²) in [6.45, 7) is 1.89. The fourth-order valence-corrected chi connectivity index (χ4v) is 7.76. The van der Waals surface area contributed by atoms with E-state index in [9.17, 15) is 57.9 Å². The van der Waals surface area contributed by atoms with Crippen LogP contribution in [0.1, 0.15) is 39.8 Å². The molecule has 1 aliphatic rings. The van der Waals surface area contributed by atoms with E-state index in [0.717, 1.165) is 29.0 Å². The number of nitrogens with one attached hydrogen (secondary N) is 2. The Kier molecular flexibility index (Phi) is 18.1. The summed E-state index contributed by atoms with van der Waals surface area (Å²) in [4.78, 5) is 92.9. The van der Waals surface area contributed by atoms with Crippen LogP contribution in [0.2, 0.25) is 0 Å². The molecule has 0 radical (unpaired) electrons. The molecule has 29 heteroatoms. The topological polar surface area (TPSA) is 372 Å². The van der Waals surface area contributed by atoms with Gasteiger partial charge in [0.1, 0.15) is 36.3 Å². The quantitative estimate of drug-likeness (QED) is 0.0411. The molecule has 53 heavy (non-hydrogen) atoms. The number of imidazole rings is 1. The minimum Gasteiger partial charge on any atom is -0.756 e. The Morgan fingerprint density at radius 3 is 2.42 bits per heavy atom. The number of nitrogens with two attached hydrogens (primary N) is 1. The monoisotopic (exact) mass is 843 g/mol. The van der Waals surface area contributed by atoms with E-state index in [1.807, 2.05) is 0 Å². The van der Waals surface area contributed by atoms with Crippen LogP contribution in [-0.2, 0) is 50.7 Å². The van der Waals surface area contributed by atoms with E-state index in [1.165, 1.54) is 13.8 Å². The van der Waals surface area contributed by atoms with Crippen molar-refractivity contribution in [1.82, 2.24) is 30.2 Å². The van der Waals surface area contributed by atoms with E-state index < -0.39 is 84.6 Å². The van der Waals surface area contributed by atoms with E-state index in [-0.39, 0.29) is 71.2 Å². The van der Waals surface area contributed by atoms with Crippen LogP contribution in [0.3, 0.4) is 0 Å². The second kappa shape index (κ2) is 20.1. The van der Waals surface area contributed by atoms with Gasteiger partial charge in [0.15, 0.2) is 22.8 Å². The van der Waals surface area contributed by atoms with Gasteiger partial charge >= 0.3 is 29.6 Å². The van der Waals surface area contributed by atoms with E-state index in [1.54, 1.807) is 6.92 Å². The third-order valence-electron chi connectivity index (χ3n) is 7.03. The number of aromatic nitrogens is 4. The first kappa shape index (κ1) is 47.7. The second-order valence-electron chi connectivity index (χ2n) is 11.6. The summed E-state index contributed by atoms with van der Waals surface area (Å²) in [6, 6.07) is 0. The SMILES string of the molecule is CCC(=O)SCCNC(=O)CCNC(=O)C(O)C(C)(C)COP(=O)([O-])OP(=O)([O-])OCC1OC(n2cnc3c(N)ncnc32)C(O)C1OP(=O)([O-])O.[Na+]. The maximum absolute atomic E-state index is 12.5. The van der Waals surface area contributed by atoms with Crippen LogP contribution in [0, 0.1) is 5.41 Å². The first-order valence-corrected chi connectivity index (χ1v) is 20.5. The smallest absolute Gasteiger partial charge is 0.756 e. The van der Waals surface area contributed by atoms with Crippen molar-refractivity contribution in [3.63, 3.8) is 0 Å². The fraction of sp³-hybridized carbons (Fsp3) is 0.667. The van der Waals surface area contributed by atoms with Gasteiger partial charge in [0, 0.05) is 37.1 Å². The Morgan fingerprint density at radius 2 is 1.77 bits per heavy atom. The zero-order valence-corrected chi connectivity index (χ0v) is 34.2. The molecule has 0 aliphatic carbocycles. The zero-order valence-electron chi connectivity index (χ0n) is 28.7. The van der Waals surface area contributed by atoms with Crippen LogP contribution in [-0.4, -0.2) is 108 Å². The largest absolute Gasteiger partial charge is 1.00 e. The number of nitrogens with zero attached hydrogens (tertiary/aromatic N) is 4. The fourth-order valence-electron chi connectivity index (χ4n) is 4.38. The zero-order chi connectivity index (χ0) is 39.1. The van der Waals surface area contributed by atoms with Crippen LogP contribution in [0.25, 0.3) is 11.2 Å². The van der Waals surface area contributed by atoms with Crippen LogP contribution >= 0.6 is 35.2 Å². The molecule has 1 saturated heterocycles. The molecule has 8 atom stereocenters. The molecule has 0 bridgehead atoms. The molecule has 1 fully saturated rings. The minimum atomic E-state index is -5.89. The van der Waals surface area contributed by atoms with Crippen molar-refractivity contribution in [3.05, 3.63) is 12.7 Å². The number of rotatable bonds is 20. The Hall–Kier alpha value is -1.44. The average molecular weight is 844 g/mol. The molecule has 8 unspecified atom stereocenters. The van der Waals surface area contributed by atoms with Crippen molar-refractivity contribution in [2.75, 3.05) is 37.8 Å². The molecule has 2 aromatic rings. The van der Waals surface area contributed by atoms with E-state index in [2.05, 4.69) is 43.5 Å². The number of aliphatic hydroxyl groups excluding tert-OH is 2. The van der Waals surface area contributed by atoms with Gasteiger partial charge in [-0.05, 0) is 0 Å². The predicted octanol–water partition coefficient (Wildman–Crippen LogP) is -5.82. The van der Waals surface area contributed by atoms with Gasteiger partial charge in [0.05, 0.1) is 19.5 Å². The number of phosphoric ester groups is 3. The number of carbonyl (C=O) groups is 3. The van der Waals surface area contributed by atoms with Gasteiger partial charge in [-0.3, -0.25) is 32.6 Å². The van der Waals surface area contributed by atoms with Crippen LogP contribution in [0.15, 0.2) is 12.7 Å². The standard InChI is InChI=1S/C24H40N7O17P3S.Na/c1-4-15(33)52-8-7-26-14(32)5-6-27-22(36)19(35)24(2,3)10-45-51(42,43)48-50(40,41)44-9-13-18(47-49(37,38)39)17(34)23(46-13)31-12-30-16-20(25)28-11-29-21(16)31;/h11-13,17-19,23,34-35H,4-10H2,1-3H3,(H,26,32)(H,27,36)(H,40,41)(H,42,43)(H2,25,28,29)(H2,37,38,39);/q;+1/p-3. The number of phosphoric acid groups is 3. The number of fused-ring (bicyclic) bond motifs is 1. The molecule has 0 spiro atoms. The van der Waals surface area contributed by atoms with Gasteiger partial charge in [0.2, 0.25) is 11.8 Å². The maximum Gasteiger partial charge on any atom is 1.00 e. The Labute approximate surface area is 328 Å². The summed E-state index contributed by atoms with van der Waals surface area (Å²) < 4.78 is 60.6. The number of ether oxygens (including phenoxy) is 1. The summed E-state index contributed by atoms with van der Waals surface area (Å²) in [5.74, 6) is -1.16. The van der Waals surface area contributed by atoms with Gasteiger partial charge in [-0.1, -0.05) is 32.5 Å². The molecular formula is C24H37N7NaO17P3S-2. The van der Waals surface area contributed by atoms with Crippen molar-refractivity contribution >= 4 is 69.1 Å². The number of aliphatic hydroxyl groups is 2. The summed E-state index contributed by atoms with van der Waals surface area (Å²) in [5.41, 5.74) is 4.11. The summed E-state index contributed by atoms with van der Waals surface area (Å²) >= 11 is 1.06. The van der Waals surface area contributed by atoms with E-state index in [4.69, 9.17) is 10.5 Å². The van der Waals surface area contributed by atoms with Crippen molar-refractivity contribution < 1.29 is 110 Å². The van der Waals surface area contributed by atoms with Gasteiger partial charge in [0.25, 0.3) is 23.5 Å². The van der Waals surface area contributed by atoms with Crippen molar-refractivity contribution in [1.29, 1.82) is 0 Å². The first-order valence-electron chi connectivity index (χ1n) is 15.0. The molecule has 294 valence electrons. The van der Waals surface area contributed by atoms with Crippen LogP contribution in [0.4, 0.5) is 5.82 Å². The summed E-state index contributed by atoms with van der Waals surface area (Å²) in [7, 11) is -17.3. The normalized spacial score (nSPS) is 22.9. The van der Waals surface area contributed by atoms with Gasteiger partial charge in [-0.25, -0.2) is 19.3 Å². The van der Waals surface area contributed by atoms with E-state index in [0.29, 0.717) is 12.2 Å². The summed E-state index contributed by atoms with van der Waals surface area (Å²) in [5, 5.41) is 26.1. The third-order valence-corrected chi connectivity index (χ3v) is 11.1. The number of hydrogen-bond acceptors (Lipinski definition) is 21. The third kappa shape index (κ3) is 14.5. The maximum atomic E-state index is 12.5. The molecule has 7 N–H and O–H groups in total. The molecule has 2 amide bonds. The molecule has 0 aromatic carbocycles. The minimum absolute atomic E-state index is 0. The molecule has 3 heterocycles. The first-order chi connectivity index (χ1) is 24.1. The molecule has 3 rings (SSSR count). The molecule has 1 aliphatic heterocycles. The van der Waals surface area contributed by atoms with Crippen molar-refractivity contribution in [2.24, 2.45) is 5.41 Å². The van der Waals surface area contributed by atoms with Gasteiger partial charge < -0.3 is 64.5 Å². The van der Waals surface area contributed by atoms with Crippen molar-refractivity contribution in [3.8, 4) is 0 Å². The molecule has 2 aromatic heterocycles. The van der Waals surface area contributed by atoms with Gasteiger partial charge in [-0.2, -0.15) is 0 Å². The number of amides is 2. The molecular weight excluding hydrogens is 806 g/mol. The molecule has 0 saturated carbocycles. The Bertz CT molecular complexity index is 1740. The Morgan fingerprint density at radius 1 is 1.11 bits per heavy atom. The molecule has 24 nitrogen and oxygen atoms in total. The number of hydrogen-bond donors (Lipinski definition) is 6. The summed E-state index contributed by atoms with van der Waals surface area (Å²) in [6.07, 6.45) is -6.99. The van der Waals surface area contributed by atoms with E-state index >= 15 is 0 Å². The van der Waals surface area contributed by atoms with Crippen molar-refractivity contribution in [2.45, 2.75) is 64.3 Å².